The Kier molecular flexibility index (Phi) is 4.28. The van der Waals surface area contributed by atoms with Crippen molar-refractivity contribution in [1.82, 2.24) is 15.0 Å². The number of ketones is 1. The normalized spacial score (nSPS) is 11.0. The molecule has 0 N–H and O–H groups in total. The molecule has 0 saturated heterocycles. The van der Waals surface area contributed by atoms with Gasteiger partial charge in [0, 0.05) is 5.56 Å². The Morgan fingerprint density at radius 3 is 2.54 bits per heavy atom. The number of rotatable bonds is 5. The van der Waals surface area contributed by atoms with Crippen molar-refractivity contribution in [2.75, 3.05) is 0 Å². The molecule has 0 amide bonds. The van der Waals surface area contributed by atoms with Crippen molar-refractivity contribution >= 4 is 16.7 Å². The Balaban J connectivity index is 1.82. The molecule has 3 aromatic rings. The number of aromatic nitrogens is 3. The number of benzene rings is 2. The van der Waals surface area contributed by atoms with Crippen LogP contribution in [0.25, 0.3) is 10.9 Å². The third-order valence-corrected chi connectivity index (χ3v) is 3.32. The molecular weight excluding hydrogens is 320 g/mol. The zero-order valence-corrected chi connectivity index (χ0v) is 12.2. The minimum atomic E-state index is -2.93. The van der Waals surface area contributed by atoms with Crippen molar-refractivity contribution in [3.8, 4) is 5.75 Å². The van der Waals surface area contributed by atoms with Crippen molar-refractivity contribution in [2.24, 2.45) is 0 Å². The summed E-state index contributed by atoms with van der Waals surface area (Å²) in [4.78, 5) is 24.5. The Bertz CT molecular complexity index is 939. The predicted octanol–water partition coefficient (Wildman–Crippen LogP) is 2.28. The summed E-state index contributed by atoms with van der Waals surface area (Å²) in [6.07, 6.45) is 0. The molecule has 24 heavy (non-hydrogen) atoms. The number of halogens is 2. The van der Waals surface area contributed by atoms with Crippen LogP contribution in [-0.4, -0.2) is 27.4 Å². The molecule has 0 aliphatic carbocycles. The standard InChI is InChI=1S/C16H11F2N3O3/c17-16(18)24-11-7-5-10(6-8-11)14(22)9-21-15(23)12-3-1-2-4-13(12)19-20-21/h1-8,16H,9H2. The first-order valence-corrected chi connectivity index (χ1v) is 6.95. The smallest absolute Gasteiger partial charge is 0.387 e. The van der Waals surface area contributed by atoms with Gasteiger partial charge in [0.05, 0.1) is 5.39 Å². The van der Waals surface area contributed by atoms with Gasteiger partial charge in [0.2, 0.25) is 0 Å². The van der Waals surface area contributed by atoms with Gasteiger partial charge in [-0.1, -0.05) is 17.3 Å². The van der Waals surface area contributed by atoms with Crippen LogP contribution < -0.4 is 10.3 Å². The van der Waals surface area contributed by atoms with Crippen LogP contribution in [-0.2, 0) is 6.54 Å². The van der Waals surface area contributed by atoms with Crippen LogP contribution in [0.3, 0.4) is 0 Å². The predicted molar refractivity (Wildman–Crippen MR) is 81.2 cm³/mol. The second kappa shape index (κ2) is 6.53. The Labute approximate surface area is 134 Å². The first-order valence-electron chi connectivity index (χ1n) is 6.95. The van der Waals surface area contributed by atoms with E-state index in [-0.39, 0.29) is 17.9 Å². The van der Waals surface area contributed by atoms with Gasteiger partial charge in [-0.15, -0.1) is 5.10 Å². The lowest BCUT2D eigenvalue weighted by Gasteiger charge is -2.06. The molecule has 0 spiro atoms. The van der Waals surface area contributed by atoms with E-state index in [1.54, 1.807) is 24.3 Å². The first kappa shape index (κ1) is 15.7. The Morgan fingerprint density at radius 2 is 1.83 bits per heavy atom. The van der Waals surface area contributed by atoms with Crippen LogP contribution in [0.5, 0.6) is 5.75 Å². The molecule has 0 aliphatic rings. The van der Waals surface area contributed by atoms with Crippen LogP contribution in [0.2, 0.25) is 0 Å². The average molecular weight is 331 g/mol. The van der Waals surface area contributed by atoms with E-state index in [0.29, 0.717) is 10.9 Å². The molecule has 8 heteroatoms. The monoisotopic (exact) mass is 331 g/mol. The molecule has 0 radical (unpaired) electrons. The van der Waals surface area contributed by atoms with E-state index in [9.17, 15) is 18.4 Å². The highest BCUT2D eigenvalue weighted by molar-refractivity contribution is 5.96. The van der Waals surface area contributed by atoms with Gasteiger partial charge in [0.15, 0.2) is 5.78 Å². The molecule has 0 saturated carbocycles. The van der Waals surface area contributed by atoms with Gasteiger partial charge < -0.3 is 4.74 Å². The lowest BCUT2D eigenvalue weighted by molar-refractivity contribution is -0.0498. The molecule has 3 rings (SSSR count). The SMILES string of the molecule is O=C(Cn1nnc2ccccc2c1=O)c1ccc(OC(F)F)cc1. The fourth-order valence-electron chi connectivity index (χ4n) is 2.18. The third-order valence-electron chi connectivity index (χ3n) is 3.32. The van der Waals surface area contributed by atoms with Gasteiger partial charge in [-0.05, 0) is 36.4 Å². The van der Waals surface area contributed by atoms with Crippen molar-refractivity contribution in [1.29, 1.82) is 0 Å². The van der Waals surface area contributed by atoms with Gasteiger partial charge in [0.1, 0.15) is 17.8 Å². The second-order valence-electron chi connectivity index (χ2n) is 4.90. The molecule has 0 fully saturated rings. The molecule has 0 unspecified atom stereocenters. The highest BCUT2D eigenvalue weighted by atomic mass is 19.3. The zero-order chi connectivity index (χ0) is 17.1. The Morgan fingerprint density at radius 1 is 1.12 bits per heavy atom. The molecule has 2 aromatic carbocycles. The lowest BCUT2D eigenvalue weighted by Crippen LogP contribution is -2.27. The average Bonchev–Trinajstić information content (AvgIpc) is 2.57. The van der Waals surface area contributed by atoms with Crippen LogP contribution in [0.15, 0.2) is 53.3 Å². The summed E-state index contributed by atoms with van der Waals surface area (Å²) in [7, 11) is 0. The number of alkyl halides is 2. The van der Waals surface area contributed by atoms with E-state index in [0.717, 1.165) is 4.68 Å². The second-order valence-corrected chi connectivity index (χ2v) is 4.90. The van der Waals surface area contributed by atoms with Crippen molar-refractivity contribution in [2.45, 2.75) is 13.2 Å². The van der Waals surface area contributed by atoms with E-state index in [1.165, 1.54) is 24.3 Å². The lowest BCUT2D eigenvalue weighted by atomic mass is 10.1. The van der Waals surface area contributed by atoms with Crippen LogP contribution in [0.4, 0.5) is 8.78 Å². The molecule has 1 aromatic heterocycles. The van der Waals surface area contributed by atoms with Crippen LogP contribution in [0, 0.1) is 0 Å². The van der Waals surface area contributed by atoms with Gasteiger partial charge in [0.25, 0.3) is 5.56 Å². The molecule has 0 bridgehead atoms. The number of fused-ring (bicyclic) bond motifs is 1. The minimum Gasteiger partial charge on any atom is -0.435 e. The minimum absolute atomic E-state index is 0.0517. The molecule has 1 heterocycles. The number of hydrogen-bond acceptors (Lipinski definition) is 5. The summed E-state index contributed by atoms with van der Waals surface area (Å²) < 4.78 is 29.4. The summed E-state index contributed by atoms with van der Waals surface area (Å²) in [6.45, 7) is -3.23. The maximum atomic E-state index is 12.3. The van der Waals surface area contributed by atoms with Crippen molar-refractivity contribution in [3.05, 3.63) is 64.4 Å². The van der Waals surface area contributed by atoms with E-state index < -0.39 is 18.0 Å². The fraction of sp³-hybridized carbons (Fsp3) is 0.125. The van der Waals surface area contributed by atoms with Gasteiger partial charge in [-0.3, -0.25) is 9.59 Å². The first-order chi connectivity index (χ1) is 11.5. The highest BCUT2D eigenvalue weighted by Gasteiger charge is 2.12. The quantitative estimate of drug-likeness (QED) is 0.671. The van der Waals surface area contributed by atoms with Gasteiger partial charge in [-0.2, -0.15) is 8.78 Å². The zero-order valence-electron chi connectivity index (χ0n) is 12.2. The molecule has 0 aliphatic heterocycles. The van der Waals surface area contributed by atoms with Gasteiger partial charge >= 0.3 is 6.61 Å². The largest absolute Gasteiger partial charge is 0.435 e. The van der Waals surface area contributed by atoms with Crippen molar-refractivity contribution < 1.29 is 18.3 Å². The fourth-order valence-corrected chi connectivity index (χ4v) is 2.18. The number of ether oxygens (including phenoxy) is 1. The molecular formula is C16H11F2N3O3. The maximum Gasteiger partial charge on any atom is 0.387 e. The number of nitrogens with zero attached hydrogens (tertiary/aromatic N) is 3. The Hall–Kier alpha value is -3.16. The number of carbonyl (C=O) groups is 1. The highest BCUT2D eigenvalue weighted by Crippen LogP contribution is 2.15. The molecule has 6 nitrogen and oxygen atoms in total. The van der Waals surface area contributed by atoms with E-state index in [2.05, 4.69) is 15.0 Å². The van der Waals surface area contributed by atoms with Crippen LogP contribution in [0.1, 0.15) is 10.4 Å². The summed E-state index contributed by atoms with van der Waals surface area (Å²) in [6, 6.07) is 11.9. The molecule has 122 valence electrons. The number of Topliss-reactive ketones (excluding diaryl/α,β-unsaturated/α-hetero) is 1. The van der Waals surface area contributed by atoms with Crippen molar-refractivity contribution in [3.63, 3.8) is 0 Å². The summed E-state index contributed by atoms with van der Waals surface area (Å²) in [5.74, 6) is -0.450. The van der Waals surface area contributed by atoms with E-state index in [1.807, 2.05) is 0 Å². The molecule has 0 atom stereocenters. The van der Waals surface area contributed by atoms with E-state index >= 15 is 0 Å². The maximum absolute atomic E-state index is 12.3. The number of hydrogen-bond donors (Lipinski definition) is 0. The van der Waals surface area contributed by atoms with Crippen LogP contribution >= 0.6 is 0 Å². The topological polar surface area (TPSA) is 74.1 Å². The van der Waals surface area contributed by atoms with E-state index in [4.69, 9.17) is 0 Å². The third kappa shape index (κ3) is 3.27. The van der Waals surface area contributed by atoms with Gasteiger partial charge in [-0.25, -0.2) is 4.68 Å². The number of carbonyl (C=O) groups excluding carboxylic acids is 1. The summed E-state index contributed by atoms with van der Waals surface area (Å²) in [5.41, 5.74) is 0.268. The summed E-state index contributed by atoms with van der Waals surface area (Å²) in [5, 5.41) is 7.99. The summed E-state index contributed by atoms with van der Waals surface area (Å²) >= 11 is 0.